The molecule has 0 aliphatic heterocycles. The molecule has 0 saturated carbocycles. The fraction of sp³-hybridized carbons (Fsp3) is 0.333. The summed E-state index contributed by atoms with van der Waals surface area (Å²) in [5.74, 6) is -0.128. The van der Waals surface area contributed by atoms with E-state index in [-0.39, 0.29) is 11.9 Å². The van der Waals surface area contributed by atoms with Gasteiger partial charge in [-0.2, -0.15) is 11.3 Å². The maximum atomic E-state index is 13.8. The highest BCUT2D eigenvalue weighted by atomic mass is 79.9. The third kappa shape index (κ3) is 4.41. The molecule has 0 bridgehead atoms. The Morgan fingerprint density at radius 1 is 1.32 bits per heavy atom. The number of hydrogen-bond donors (Lipinski definition) is 1. The first kappa shape index (κ1) is 14.7. The lowest BCUT2D eigenvalue weighted by Crippen LogP contribution is -2.33. The molecule has 2 aromatic rings. The lowest BCUT2D eigenvalue weighted by Gasteiger charge is -2.18. The normalized spacial score (nSPS) is 12.6. The molecule has 1 unspecified atom stereocenters. The molecule has 4 heteroatoms. The molecule has 0 fully saturated rings. The Morgan fingerprint density at radius 2 is 2.16 bits per heavy atom. The van der Waals surface area contributed by atoms with Crippen molar-refractivity contribution >= 4 is 27.3 Å². The maximum Gasteiger partial charge on any atom is 0.126 e. The van der Waals surface area contributed by atoms with Gasteiger partial charge in [0.2, 0.25) is 0 Å². The molecule has 1 atom stereocenters. The summed E-state index contributed by atoms with van der Waals surface area (Å²) >= 11 is 5.10. The van der Waals surface area contributed by atoms with Crippen molar-refractivity contribution in [2.75, 3.05) is 6.54 Å². The van der Waals surface area contributed by atoms with E-state index in [0.29, 0.717) is 6.42 Å². The van der Waals surface area contributed by atoms with Gasteiger partial charge in [0.05, 0.1) is 0 Å². The zero-order valence-corrected chi connectivity index (χ0v) is 13.2. The quantitative estimate of drug-likeness (QED) is 0.820. The van der Waals surface area contributed by atoms with Gasteiger partial charge in [-0.25, -0.2) is 4.39 Å². The number of thiophene rings is 1. The predicted octanol–water partition coefficient (Wildman–Crippen LogP) is 4.41. The predicted molar refractivity (Wildman–Crippen MR) is 83.3 cm³/mol. The van der Waals surface area contributed by atoms with E-state index < -0.39 is 0 Å². The van der Waals surface area contributed by atoms with Gasteiger partial charge in [-0.3, -0.25) is 0 Å². The number of likely N-dealkylation sites (N-methyl/N-ethyl adjacent to an activating group) is 1. The zero-order valence-electron chi connectivity index (χ0n) is 10.8. The molecule has 19 heavy (non-hydrogen) atoms. The summed E-state index contributed by atoms with van der Waals surface area (Å²) in [7, 11) is 0. The molecule has 1 heterocycles. The second-order valence-electron chi connectivity index (χ2n) is 4.53. The molecule has 1 aromatic carbocycles. The average Bonchev–Trinajstić information content (AvgIpc) is 2.87. The molecule has 1 nitrogen and oxygen atoms in total. The van der Waals surface area contributed by atoms with Gasteiger partial charge in [-0.1, -0.05) is 22.9 Å². The summed E-state index contributed by atoms with van der Waals surface area (Å²) in [6.07, 6.45) is 1.64. The van der Waals surface area contributed by atoms with Gasteiger partial charge >= 0.3 is 0 Å². The summed E-state index contributed by atoms with van der Waals surface area (Å²) in [4.78, 5) is 0. The molecule has 0 radical (unpaired) electrons. The maximum absolute atomic E-state index is 13.8. The van der Waals surface area contributed by atoms with Crippen LogP contribution in [-0.4, -0.2) is 12.6 Å². The highest BCUT2D eigenvalue weighted by molar-refractivity contribution is 9.10. The lowest BCUT2D eigenvalue weighted by molar-refractivity contribution is 0.506. The van der Waals surface area contributed by atoms with Crippen LogP contribution < -0.4 is 5.32 Å². The Labute approximate surface area is 126 Å². The number of nitrogens with one attached hydrogen (secondary N) is 1. The Hall–Kier alpha value is -0.710. The molecule has 0 saturated heterocycles. The standard InChI is InChI=1S/C15H17BrFNS/c1-2-18-14(7-11-5-6-19-10-11)9-12-8-13(16)3-4-15(12)17/h3-6,8,10,14,18H,2,7,9H2,1H3. The summed E-state index contributed by atoms with van der Waals surface area (Å²) < 4.78 is 14.7. The smallest absolute Gasteiger partial charge is 0.126 e. The topological polar surface area (TPSA) is 12.0 Å². The van der Waals surface area contributed by atoms with Crippen LogP contribution in [0.1, 0.15) is 18.1 Å². The number of hydrogen-bond acceptors (Lipinski definition) is 2. The minimum atomic E-state index is -0.128. The number of halogens is 2. The van der Waals surface area contributed by atoms with Crippen LogP contribution in [0.3, 0.4) is 0 Å². The Bertz CT molecular complexity index is 513. The minimum Gasteiger partial charge on any atom is -0.314 e. The van der Waals surface area contributed by atoms with Crippen LogP contribution in [0.4, 0.5) is 4.39 Å². The van der Waals surface area contributed by atoms with Crippen LogP contribution in [0.25, 0.3) is 0 Å². The molecule has 0 spiro atoms. The van der Waals surface area contributed by atoms with Crippen LogP contribution in [0, 0.1) is 5.82 Å². The molecule has 1 N–H and O–H groups in total. The van der Waals surface area contributed by atoms with E-state index in [1.165, 1.54) is 11.6 Å². The fourth-order valence-electron chi connectivity index (χ4n) is 2.16. The van der Waals surface area contributed by atoms with E-state index in [4.69, 9.17) is 0 Å². The van der Waals surface area contributed by atoms with Crippen LogP contribution >= 0.6 is 27.3 Å². The van der Waals surface area contributed by atoms with Crippen molar-refractivity contribution in [3.8, 4) is 0 Å². The first-order valence-corrected chi connectivity index (χ1v) is 8.11. The average molecular weight is 342 g/mol. The van der Waals surface area contributed by atoms with E-state index in [1.807, 2.05) is 6.07 Å². The molecule has 2 rings (SSSR count). The van der Waals surface area contributed by atoms with Crippen molar-refractivity contribution in [2.24, 2.45) is 0 Å². The highest BCUT2D eigenvalue weighted by Gasteiger charge is 2.13. The number of benzene rings is 1. The third-order valence-electron chi connectivity index (χ3n) is 3.03. The SMILES string of the molecule is CCNC(Cc1ccsc1)Cc1cc(Br)ccc1F. The monoisotopic (exact) mass is 341 g/mol. The van der Waals surface area contributed by atoms with Gasteiger partial charge in [0, 0.05) is 10.5 Å². The highest BCUT2D eigenvalue weighted by Crippen LogP contribution is 2.18. The molecule has 0 amide bonds. The van der Waals surface area contributed by atoms with Gasteiger partial charge < -0.3 is 5.32 Å². The van der Waals surface area contributed by atoms with E-state index >= 15 is 0 Å². The largest absolute Gasteiger partial charge is 0.314 e. The van der Waals surface area contributed by atoms with E-state index in [2.05, 4.69) is 45.0 Å². The molecular weight excluding hydrogens is 325 g/mol. The molecule has 1 aromatic heterocycles. The van der Waals surface area contributed by atoms with Gasteiger partial charge in [-0.15, -0.1) is 0 Å². The van der Waals surface area contributed by atoms with Crippen LogP contribution in [0.15, 0.2) is 39.5 Å². The lowest BCUT2D eigenvalue weighted by atomic mass is 10.00. The van der Waals surface area contributed by atoms with Gasteiger partial charge in [0.15, 0.2) is 0 Å². The van der Waals surface area contributed by atoms with Crippen molar-refractivity contribution in [1.82, 2.24) is 5.32 Å². The summed E-state index contributed by atoms with van der Waals surface area (Å²) in [6.45, 7) is 2.97. The van der Waals surface area contributed by atoms with E-state index in [0.717, 1.165) is 23.0 Å². The Balaban J connectivity index is 2.09. The van der Waals surface area contributed by atoms with E-state index in [9.17, 15) is 4.39 Å². The first-order valence-electron chi connectivity index (χ1n) is 6.37. The fourth-order valence-corrected chi connectivity index (χ4v) is 3.25. The summed E-state index contributed by atoms with van der Waals surface area (Å²) in [5.41, 5.74) is 2.07. The molecule has 102 valence electrons. The van der Waals surface area contributed by atoms with Gasteiger partial charge in [0.1, 0.15) is 5.82 Å². The Morgan fingerprint density at radius 3 is 2.84 bits per heavy atom. The second-order valence-corrected chi connectivity index (χ2v) is 6.23. The summed E-state index contributed by atoms with van der Waals surface area (Å²) in [6, 6.07) is 7.52. The van der Waals surface area contributed by atoms with Crippen LogP contribution in [0.2, 0.25) is 0 Å². The third-order valence-corrected chi connectivity index (χ3v) is 4.25. The van der Waals surface area contributed by atoms with Crippen molar-refractivity contribution in [3.05, 3.63) is 56.4 Å². The Kier molecular flexibility index (Phi) is 5.55. The second kappa shape index (κ2) is 7.17. The van der Waals surface area contributed by atoms with Crippen molar-refractivity contribution in [1.29, 1.82) is 0 Å². The molecular formula is C15H17BrFNS. The van der Waals surface area contributed by atoms with Crippen LogP contribution in [0.5, 0.6) is 0 Å². The van der Waals surface area contributed by atoms with Crippen LogP contribution in [-0.2, 0) is 12.8 Å². The van der Waals surface area contributed by atoms with Gasteiger partial charge in [0.25, 0.3) is 0 Å². The van der Waals surface area contributed by atoms with Crippen molar-refractivity contribution in [3.63, 3.8) is 0 Å². The van der Waals surface area contributed by atoms with Crippen molar-refractivity contribution in [2.45, 2.75) is 25.8 Å². The summed E-state index contributed by atoms with van der Waals surface area (Å²) in [5, 5.41) is 7.67. The van der Waals surface area contributed by atoms with Gasteiger partial charge in [-0.05, 0) is 65.5 Å². The minimum absolute atomic E-state index is 0.128. The molecule has 0 aliphatic rings. The molecule has 0 aliphatic carbocycles. The first-order chi connectivity index (χ1) is 9.19. The number of rotatable bonds is 6. The van der Waals surface area contributed by atoms with E-state index in [1.54, 1.807) is 17.4 Å². The van der Waals surface area contributed by atoms with Crippen molar-refractivity contribution < 1.29 is 4.39 Å². The zero-order chi connectivity index (χ0) is 13.7.